The molecule has 0 amide bonds. The topological polar surface area (TPSA) is 29.9 Å². The Bertz CT molecular complexity index is 1590. The van der Waals surface area contributed by atoms with Crippen molar-refractivity contribution in [2.24, 2.45) is 0 Å². The number of benzene rings is 3. The van der Waals surface area contributed by atoms with Gasteiger partial charge in [-0.3, -0.25) is 4.98 Å². The lowest BCUT2D eigenvalue weighted by Gasteiger charge is -2.16. The zero-order valence-corrected chi connectivity index (χ0v) is 19.8. The first-order chi connectivity index (χ1) is 17.2. The monoisotopic (exact) mass is 495 g/mol. The lowest BCUT2D eigenvalue weighted by Crippen LogP contribution is -2.11. The van der Waals surface area contributed by atoms with Crippen LogP contribution in [-0.4, -0.2) is 9.55 Å². The average Bonchev–Trinajstić information content (AvgIpc) is 3.18. The summed E-state index contributed by atoms with van der Waals surface area (Å²) < 4.78 is 72.0. The molecule has 0 aliphatic carbocycles. The molecule has 2 aromatic heterocycles. The second kappa shape index (κ2) is 8.93. The molecule has 0 radical (unpaired) electrons. The molecule has 0 spiro atoms. The number of hydrogen-bond donors (Lipinski definition) is 1. The van der Waals surface area contributed by atoms with Gasteiger partial charge in [-0.05, 0) is 50.6 Å². The van der Waals surface area contributed by atoms with E-state index in [2.05, 4.69) is 22.4 Å². The molecule has 1 N–H and O–H groups in total. The van der Waals surface area contributed by atoms with Crippen LogP contribution in [0.15, 0.2) is 54.7 Å². The zero-order chi connectivity index (χ0) is 25.7. The number of anilines is 1. The SMILES string of the molecule is Cc1ccc(C(C)Nc2ccc3c(c2)c2ccnc(C)c2n3Cc2c(F)c(F)c(F)c(F)c2F)cc1. The summed E-state index contributed by atoms with van der Waals surface area (Å²) in [4.78, 5) is 4.28. The Morgan fingerprint density at radius 2 is 1.44 bits per heavy atom. The maximum Gasteiger partial charge on any atom is 0.200 e. The van der Waals surface area contributed by atoms with Gasteiger partial charge in [0.2, 0.25) is 5.82 Å². The molecule has 1 atom stereocenters. The summed E-state index contributed by atoms with van der Waals surface area (Å²) in [6.07, 6.45) is 1.62. The lowest BCUT2D eigenvalue weighted by atomic mass is 10.1. The van der Waals surface area contributed by atoms with Crippen molar-refractivity contribution in [1.29, 1.82) is 0 Å². The quantitative estimate of drug-likeness (QED) is 0.154. The summed E-state index contributed by atoms with van der Waals surface area (Å²) in [6, 6.07) is 15.5. The Hall–Kier alpha value is -3.94. The molecule has 1 unspecified atom stereocenters. The molecule has 8 heteroatoms. The molecule has 36 heavy (non-hydrogen) atoms. The molecular formula is C28H22F5N3. The molecule has 0 aliphatic heterocycles. The Kier molecular flexibility index (Phi) is 5.90. The molecule has 3 nitrogen and oxygen atoms in total. The third kappa shape index (κ3) is 3.86. The number of fused-ring (bicyclic) bond motifs is 3. The van der Waals surface area contributed by atoms with Crippen molar-refractivity contribution >= 4 is 27.5 Å². The average molecular weight is 495 g/mol. The number of aromatic nitrogens is 2. The fourth-order valence-electron chi connectivity index (χ4n) is 4.61. The molecular weight excluding hydrogens is 473 g/mol. The highest BCUT2D eigenvalue weighted by molar-refractivity contribution is 6.09. The van der Waals surface area contributed by atoms with Gasteiger partial charge in [-0.25, -0.2) is 22.0 Å². The molecule has 0 fully saturated rings. The first-order valence-electron chi connectivity index (χ1n) is 11.4. The summed E-state index contributed by atoms with van der Waals surface area (Å²) in [6.45, 7) is 5.24. The van der Waals surface area contributed by atoms with Gasteiger partial charge >= 0.3 is 0 Å². The van der Waals surface area contributed by atoms with E-state index in [0.717, 1.165) is 27.6 Å². The first kappa shape index (κ1) is 23.8. The van der Waals surface area contributed by atoms with Crippen LogP contribution in [0.1, 0.15) is 35.3 Å². The van der Waals surface area contributed by atoms with Crippen molar-refractivity contribution in [2.45, 2.75) is 33.4 Å². The molecule has 5 aromatic rings. The van der Waals surface area contributed by atoms with Crippen molar-refractivity contribution in [3.63, 3.8) is 0 Å². The van der Waals surface area contributed by atoms with E-state index in [4.69, 9.17) is 0 Å². The third-order valence-electron chi connectivity index (χ3n) is 6.53. The largest absolute Gasteiger partial charge is 0.379 e. The van der Waals surface area contributed by atoms with Crippen molar-refractivity contribution in [3.8, 4) is 0 Å². The number of pyridine rings is 1. The standard InChI is InChI=1S/C28H22F5N3/c1-14-4-6-17(7-5-14)15(2)35-18-8-9-22-20(12-18)19-10-11-34-16(3)28(19)36(22)13-21-23(29)25(31)27(33)26(32)24(21)30/h4-12,15,35H,13H2,1-3H3. The maximum absolute atomic E-state index is 14.5. The highest BCUT2D eigenvalue weighted by Gasteiger charge is 2.27. The van der Waals surface area contributed by atoms with Crippen molar-refractivity contribution in [3.05, 3.63) is 106 Å². The summed E-state index contributed by atoms with van der Waals surface area (Å²) in [5.74, 6) is -9.78. The number of halogens is 5. The fourth-order valence-corrected chi connectivity index (χ4v) is 4.61. The van der Waals surface area contributed by atoms with Crippen LogP contribution < -0.4 is 5.32 Å². The third-order valence-corrected chi connectivity index (χ3v) is 6.53. The number of aryl methyl sites for hydroxylation is 2. The number of hydrogen-bond acceptors (Lipinski definition) is 2. The van der Waals surface area contributed by atoms with Crippen LogP contribution in [0.4, 0.5) is 27.6 Å². The smallest absolute Gasteiger partial charge is 0.200 e. The predicted molar refractivity (Wildman–Crippen MR) is 131 cm³/mol. The summed E-state index contributed by atoms with van der Waals surface area (Å²) in [5.41, 5.74) is 3.89. The van der Waals surface area contributed by atoms with Crippen molar-refractivity contribution in [2.75, 3.05) is 5.32 Å². The number of nitrogens with one attached hydrogen (secondary N) is 1. The fraction of sp³-hybridized carbons (Fsp3) is 0.179. The van der Waals surface area contributed by atoms with Gasteiger partial charge in [-0.2, -0.15) is 0 Å². The molecule has 2 heterocycles. The van der Waals surface area contributed by atoms with Gasteiger partial charge in [0.05, 0.1) is 17.8 Å². The second-order valence-corrected chi connectivity index (χ2v) is 8.94. The van der Waals surface area contributed by atoms with E-state index in [1.165, 1.54) is 0 Å². The van der Waals surface area contributed by atoms with Crippen molar-refractivity contribution < 1.29 is 22.0 Å². The van der Waals surface area contributed by atoms with E-state index in [1.807, 2.05) is 38.1 Å². The minimum absolute atomic E-state index is 0.00756. The van der Waals surface area contributed by atoms with Crippen LogP contribution in [0.5, 0.6) is 0 Å². The van der Waals surface area contributed by atoms with Gasteiger partial charge in [0.15, 0.2) is 23.3 Å². The Morgan fingerprint density at radius 3 is 2.11 bits per heavy atom. The Labute approximate surface area is 204 Å². The molecule has 184 valence electrons. The van der Waals surface area contributed by atoms with E-state index in [0.29, 0.717) is 16.7 Å². The molecule has 5 rings (SSSR count). The van der Waals surface area contributed by atoms with Crippen LogP contribution >= 0.6 is 0 Å². The first-order valence-corrected chi connectivity index (χ1v) is 11.4. The molecule has 0 bridgehead atoms. The van der Waals surface area contributed by atoms with Crippen LogP contribution in [0, 0.1) is 42.9 Å². The van der Waals surface area contributed by atoms with Crippen LogP contribution in [-0.2, 0) is 6.54 Å². The normalized spacial score (nSPS) is 12.4. The summed E-state index contributed by atoms with van der Waals surface area (Å²) >= 11 is 0. The molecule has 0 saturated heterocycles. The Morgan fingerprint density at radius 1 is 0.806 bits per heavy atom. The second-order valence-electron chi connectivity index (χ2n) is 8.94. The van der Waals surface area contributed by atoms with Crippen LogP contribution in [0.2, 0.25) is 0 Å². The van der Waals surface area contributed by atoms with Crippen molar-refractivity contribution in [1.82, 2.24) is 9.55 Å². The number of nitrogens with zero attached hydrogens (tertiary/aromatic N) is 2. The van der Waals surface area contributed by atoms with Crippen LogP contribution in [0.25, 0.3) is 21.8 Å². The van der Waals surface area contributed by atoms with Gasteiger partial charge in [0.1, 0.15) is 0 Å². The summed E-state index contributed by atoms with van der Waals surface area (Å²) in [7, 11) is 0. The highest BCUT2D eigenvalue weighted by atomic mass is 19.2. The van der Waals surface area contributed by atoms with Crippen LogP contribution in [0.3, 0.4) is 0 Å². The lowest BCUT2D eigenvalue weighted by molar-refractivity contribution is 0.368. The minimum atomic E-state index is -2.17. The predicted octanol–water partition coefficient (Wildman–Crippen LogP) is 7.72. The van der Waals surface area contributed by atoms with Gasteiger partial charge in [0.25, 0.3) is 0 Å². The van der Waals surface area contributed by atoms with E-state index >= 15 is 0 Å². The van der Waals surface area contributed by atoms with Gasteiger partial charge in [-0.15, -0.1) is 0 Å². The minimum Gasteiger partial charge on any atom is -0.379 e. The van der Waals surface area contributed by atoms with Gasteiger partial charge in [0, 0.05) is 39.8 Å². The summed E-state index contributed by atoms with van der Waals surface area (Å²) in [5, 5.41) is 4.98. The number of rotatable bonds is 5. The van der Waals surface area contributed by atoms with Gasteiger partial charge < -0.3 is 9.88 Å². The Balaban J connectivity index is 1.63. The van der Waals surface area contributed by atoms with Gasteiger partial charge in [-0.1, -0.05) is 29.8 Å². The van der Waals surface area contributed by atoms with E-state index in [-0.39, 0.29) is 6.04 Å². The molecule has 0 aliphatic rings. The molecule has 3 aromatic carbocycles. The zero-order valence-electron chi connectivity index (χ0n) is 19.8. The maximum atomic E-state index is 14.5. The van der Waals surface area contributed by atoms with E-state index < -0.39 is 41.2 Å². The van der Waals surface area contributed by atoms with E-state index in [1.54, 1.807) is 29.8 Å². The van der Waals surface area contributed by atoms with E-state index in [9.17, 15) is 22.0 Å². The molecule has 0 saturated carbocycles. The highest BCUT2D eigenvalue weighted by Crippen LogP contribution is 2.35.